The molecule has 0 aromatic carbocycles. The second kappa shape index (κ2) is 8.27. The SMILES string of the molecule is CCCCn1c(=O)c2c(ncn2C(C)CC(C)=O)n(CCCC)c1=O. The first-order chi connectivity index (χ1) is 11.9. The van der Waals surface area contributed by atoms with Gasteiger partial charge in [-0.2, -0.15) is 0 Å². The Kier molecular flexibility index (Phi) is 6.33. The molecule has 0 radical (unpaired) electrons. The van der Waals surface area contributed by atoms with E-state index in [1.807, 2.05) is 13.8 Å². The number of aryl methyl sites for hydroxylation is 1. The molecule has 2 aromatic heterocycles. The smallest absolute Gasteiger partial charge is 0.321 e. The van der Waals surface area contributed by atoms with E-state index in [0.717, 1.165) is 25.7 Å². The quantitative estimate of drug-likeness (QED) is 0.697. The number of Topliss-reactive ketones (excluding diaryl/α,β-unsaturated/α-hetero) is 1. The van der Waals surface area contributed by atoms with Crippen molar-refractivity contribution in [2.24, 2.45) is 0 Å². The molecule has 7 nitrogen and oxygen atoms in total. The number of carbonyl (C=O) groups excluding carboxylic acids is 1. The van der Waals surface area contributed by atoms with Crippen LogP contribution in [0, 0.1) is 0 Å². The molecule has 138 valence electrons. The Morgan fingerprint density at radius 1 is 1.12 bits per heavy atom. The summed E-state index contributed by atoms with van der Waals surface area (Å²) in [6.07, 6.45) is 5.37. The van der Waals surface area contributed by atoms with Crippen LogP contribution in [-0.4, -0.2) is 24.5 Å². The summed E-state index contributed by atoms with van der Waals surface area (Å²) in [4.78, 5) is 41.6. The van der Waals surface area contributed by atoms with E-state index in [-0.39, 0.29) is 23.1 Å². The monoisotopic (exact) mass is 348 g/mol. The highest BCUT2D eigenvalue weighted by molar-refractivity contribution is 5.76. The molecule has 2 aromatic rings. The lowest BCUT2D eigenvalue weighted by atomic mass is 10.2. The van der Waals surface area contributed by atoms with Crippen LogP contribution in [0.4, 0.5) is 0 Å². The number of unbranched alkanes of at least 4 members (excludes halogenated alkanes) is 2. The molecule has 2 heterocycles. The van der Waals surface area contributed by atoms with Crippen molar-refractivity contribution in [3.63, 3.8) is 0 Å². The van der Waals surface area contributed by atoms with Gasteiger partial charge in [-0.3, -0.25) is 18.7 Å². The Labute approximate surface area is 147 Å². The minimum atomic E-state index is -0.311. The summed E-state index contributed by atoms with van der Waals surface area (Å²) in [7, 11) is 0. The number of aromatic nitrogens is 4. The van der Waals surface area contributed by atoms with Gasteiger partial charge in [0.15, 0.2) is 11.2 Å². The summed E-state index contributed by atoms with van der Waals surface area (Å²) in [5, 5.41) is 0. The van der Waals surface area contributed by atoms with Crippen molar-refractivity contribution in [2.75, 3.05) is 0 Å². The highest BCUT2D eigenvalue weighted by atomic mass is 16.2. The number of hydrogen-bond acceptors (Lipinski definition) is 4. The number of carbonyl (C=O) groups is 1. The van der Waals surface area contributed by atoms with Gasteiger partial charge in [0.1, 0.15) is 5.78 Å². The second-order valence-electron chi connectivity index (χ2n) is 6.68. The molecular weight excluding hydrogens is 320 g/mol. The fourth-order valence-corrected chi connectivity index (χ4v) is 3.09. The number of imidazole rings is 1. The molecule has 2 rings (SSSR count). The van der Waals surface area contributed by atoms with Crippen molar-refractivity contribution in [3.8, 4) is 0 Å². The first-order valence-corrected chi connectivity index (χ1v) is 9.11. The van der Waals surface area contributed by atoms with Crippen LogP contribution >= 0.6 is 0 Å². The topological polar surface area (TPSA) is 78.9 Å². The van der Waals surface area contributed by atoms with E-state index in [9.17, 15) is 14.4 Å². The van der Waals surface area contributed by atoms with Crippen LogP contribution in [-0.2, 0) is 17.9 Å². The van der Waals surface area contributed by atoms with E-state index in [1.165, 1.54) is 11.5 Å². The molecule has 0 fully saturated rings. The van der Waals surface area contributed by atoms with Crippen molar-refractivity contribution < 1.29 is 4.79 Å². The summed E-state index contributed by atoms with van der Waals surface area (Å²) in [6.45, 7) is 8.45. The zero-order chi connectivity index (χ0) is 18.6. The summed E-state index contributed by atoms with van der Waals surface area (Å²) >= 11 is 0. The third kappa shape index (κ3) is 3.91. The van der Waals surface area contributed by atoms with Crippen molar-refractivity contribution in [1.82, 2.24) is 18.7 Å². The van der Waals surface area contributed by atoms with E-state index < -0.39 is 0 Å². The van der Waals surface area contributed by atoms with E-state index >= 15 is 0 Å². The number of ketones is 1. The van der Waals surface area contributed by atoms with E-state index in [4.69, 9.17) is 0 Å². The Hall–Kier alpha value is -2.18. The second-order valence-corrected chi connectivity index (χ2v) is 6.68. The Balaban J connectivity index is 2.70. The van der Waals surface area contributed by atoms with Gasteiger partial charge in [-0.1, -0.05) is 26.7 Å². The van der Waals surface area contributed by atoms with E-state index in [0.29, 0.717) is 30.7 Å². The number of rotatable bonds is 9. The first kappa shape index (κ1) is 19.1. The lowest BCUT2D eigenvalue weighted by Crippen LogP contribution is -2.41. The van der Waals surface area contributed by atoms with Crippen LogP contribution in [0.3, 0.4) is 0 Å². The molecule has 0 aliphatic heterocycles. The number of fused-ring (bicyclic) bond motifs is 1. The Morgan fingerprint density at radius 3 is 2.28 bits per heavy atom. The summed E-state index contributed by atoms with van der Waals surface area (Å²) in [6, 6.07) is -0.174. The molecule has 0 amide bonds. The molecule has 0 bridgehead atoms. The van der Waals surface area contributed by atoms with E-state index in [2.05, 4.69) is 11.9 Å². The molecule has 1 atom stereocenters. The average molecular weight is 348 g/mol. The molecule has 0 spiro atoms. The van der Waals surface area contributed by atoms with Gasteiger partial charge in [-0.25, -0.2) is 9.78 Å². The van der Waals surface area contributed by atoms with Crippen LogP contribution in [0.15, 0.2) is 15.9 Å². The molecular formula is C18H28N4O3. The van der Waals surface area contributed by atoms with Crippen molar-refractivity contribution in [3.05, 3.63) is 27.2 Å². The Bertz CT molecular complexity index is 860. The van der Waals surface area contributed by atoms with Crippen LogP contribution in [0.5, 0.6) is 0 Å². The zero-order valence-electron chi connectivity index (χ0n) is 15.6. The highest BCUT2D eigenvalue weighted by Crippen LogP contribution is 2.17. The van der Waals surface area contributed by atoms with Gasteiger partial charge >= 0.3 is 5.69 Å². The standard InChI is InChI=1S/C18H28N4O3/c1-5-7-9-20-16-15(17(24)21(18(20)25)10-8-6-2)22(12-19-16)13(3)11-14(4)23/h12-13H,5-11H2,1-4H3. The van der Waals surface area contributed by atoms with Gasteiger partial charge in [0, 0.05) is 25.6 Å². The first-order valence-electron chi connectivity index (χ1n) is 9.11. The third-order valence-corrected chi connectivity index (χ3v) is 4.47. The van der Waals surface area contributed by atoms with Crippen molar-refractivity contribution in [1.29, 1.82) is 0 Å². The van der Waals surface area contributed by atoms with Gasteiger partial charge in [-0.05, 0) is 26.7 Å². The summed E-state index contributed by atoms with van der Waals surface area (Å²) in [5.74, 6) is 0.0555. The van der Waals surface area contributed by atoms with Gasteiger partial charge in [0.25, 0.3) is 5.56 Å². The number of hydrogen-bond donors (Lipinski definition) is 0. The molecule has 0 aliphatic carbocycles. The maximum absolute atomic E-state index is 13.0. The molecule has 0 saturated carbocycles. The maximum atomic E-state index is 13.0. The maximum Gasteiger partial charge on any atom is 0.332 e. The van der Waals surface area contributed by atoms with Crippen molar-refractivity contribution >= 4 is 16.9 Å². The fraction of sp³-hybridized carbons (Fsp3) is 0.667. The lowest BCUT2D eigenvalue weighted by molar-refractivity contribution is -0.117. The Morgan fingerprint density at radius 2 is 1.72 bits per heavy atom. The van der Waals surface area contributed by atoms with Gasteiger partial charge in [0.05, 0.1) is 6.33 Å². The van der Waals surface area contributed by atoms with Gasteiger partial charge < -0.3 is 4.57 Å². The van der Waals surface area contributed by atoms with Crippen LogP contribution < -0.4 is 11.2 Å². The molecule has 0 saturated heterocycles. The lowest BCUT2D eigenvalue weighted by Gasteiger charge is -2.15. The fourth-order valence-electron chi connectivity index (χ4n) is 3.09. The minimum Gasteiger partial charge on any atom is -0.321 e. The van der Waals surface area contributed by atoms with Crippen LogP contribution in [0.25, 0.3) is 11.2 Å². The summed E-state index contributed by atoms with van der Waals surface area (Å²) < 4.78 is 4.66. The number of nitrogens with zero attached hydrogens (tertiary/aromatic N) is 4. The predicted molar refractivity (Wildman–Crippen MR) is 98.1 cm³/mol. The average Bonchev–Trinajstić information content (AvgIpc) is 2.99. The molecule has 25 heavy (non-hydrogen) atoms. The highest BCUT2D eigenvalue weighted by Gasteiger charge is 2.20. The third-order valence-electron chi connectivity index (χ3n) is 4.47. The van der Waals surface area contributed by atoms with Crippen molar-refractivity contribution in [2.45, 2.75) is 78.9 Å². The van der Waals surface area contributed by atoms with Gasteiger partial charge in [-0.15, -0.1) is 0 Å². The molecule has 0 aliphatic rings. The molecule has 1 unspecified atom stereocenters. The molecule has 0 N–H and O–H groups in total. The largest absolute Gasteiger partial charge is 0.332 e. The predicted octanol–water partition coefficient (Wildman–Crippen LogP) is 2.50. The summed E-state index contributed by atoms with van der Waals surface area (Å²) in [5.41, 5.74) is 0.241. The van der Waals surface area contributed by atoms with Crippen LogP contribution in [0.2, 0.25) is 0 Å². The van der Waals surface area contributed by atoms with E-state index in [1.54, 1.807) is 15.5 Å². The normalized spacial score (nSPS) is 12.6. The minimum absolute atomic E-state index is 0.0555. The van der Waals surface area contributed by atoms with Gasteiger partial charge in [0.2, 0.25) is 0 Å². The van der Waals surface area contributed by atoms with Crippen LogP contribution in [0.1, 0.15) is 65.8 Å². The molecule has 7 heteroatoms. The zero-order valence-corrected chi connectivity index (χ0v) is 15.6.